The number of amides is 2. The highest BCUT2D eigenvalue weighted by atomic mass is 35.5. The van der Waals surface area contributed by atoms with Crippen molar-refractivity contribution in [1.29, 1.82) is 0 Å². The Kier molecular flexibility index (Phi) is 7.02. The minimum Gasteiger partial charge on any atom is -0.452 e. The molecule has 2 amide bonds. The van der Waals surface area contributed by atoms with Crippen LogP contribution in [-0.4, -0.2) is 67.8 Å². The SMILES string of the molecule is C[C@H](OC(=O)C1CCN(C(=O)c2ccc(Cl)cc2)CC1)C(=O)N[C@H]1CCS(=O)(=O)C1. The van der Waals surface area contributed by atoms with Crippen molar-refractivity contribution < 1.29 is 27.5 Å². The molecule has 0 bridgehead atoms. The first kappa shape index (κ1) is 22.6. The number of halogens is 1. The summed E-state index contributed by atoms with van der Waals surface area (Å²) in [7, 11) is -3.10. The van der Waals surface area contributed by atoms with Crippen LogP contribution in [0.15, 0.2) is 24.3 Å². The number of esters is 1. The first-order valence-corrected chi connectivity index (χ1v) is 12.1. The molecule has 10 heteroatoms. The molecular weight excluding hydrogens is 432 g/mol. The molecule has 0 aliphatic carbocycles. The number of nitrogens with one attached hydrogen (secondary N) is 1. The van der Waals surface area contributed by atoms with E-state index in [4.69, 9.17) is 16.3 Å². The zero-order valence-electron chi connectivity index (χ0n) is 16.7. The molecule has 2 aliphatic heterocycles. The van der Waals surface area contributed by atoms with Crippen molar-refractivity contribution in [3.8, 4) is 0 Å². The molecule has 2 saturated heterocycles. The first-order valence-electron chi connectivity index (χ1n) is 9.91. The van der Waals surface area contributed by atoms with Gasteiger partial charge < -0.3 is 15.0 Å². The third kappa shape index (κ3) is 5.72. The monoisotopic (exact) mass is 456 g/mol. The Morgan fingerprint density at radius 3 is 2.33 bits per heavy atom. The summed E-state index contributed by atoms with van der Waals surface area (Å²) in [6.45, 7) is 2.30. The average molecular weight is 457 g/mol. The van der Waals surface area contributed by atoms with Gasteiger partial charge in [-0.1, -0.05) is 11.6 Å². The van der Waals surface area contributed by atoms with Crippen molar-refractivity contribution in [2.75, 3.05) is 24.6 Å². The molecule has 164 valence electrons. The van der Waals surface area contributed by atoms with Crippen LogP contribution >= 0.6 is 11.6 Å². The Labute approximate surface area is 180 Å². The van der Waals surface area contributed by atoms with Crippen LogP contribution in [0, 0.1) is 5.92 Å². The number of nitrogens with zero attached hydrogens (tertiary/aromatic N) is 1. The fourth-order valence-corrected chi connectivity index (χ4v) is 5.44. The quantitative estimate of drug-likeness (QED) is 0.671. The summed E-state index contributed by atoms with van der Waals surface area (Å²) in [4.78, 5) is 38.8. The molecule has 3 rings (SSSR count). The van der Waals surface area contributed by atoms with Gasteiger partial charge in [-0.2, -0.15) is 0 Å². The van der Waals surface area contributed by atoms with Crippen molar-refractivity contribution in [3.05, 3.63) is 34.9 Å². The zero-order valence-corrected chi connectivity index (χ0v) is 18.2. The van der Waals surface area contributed by atoms with Gasteiger partial charge >= 0.3 is 5.97 Å². The van der Waals surface area contributed by atoms with Crippen LogP contribution in [0.5, 0.6) is 0 Å². The molecule has 2 atom stereocenters. The number of piperidine rings is 1. The maximum Gasteiger partial charge on any atom is 0.309 e. The Balaban J connectivity index is 1.45. The van der Waals surface area contributed by atoms with E-state index >= 15 is 0 Å². The van der Waals surface area contributed by atoms with Gasteiger partial charge in [0.15, 0.2) is 15.9 Å². The second kappa shape index (κ2) is 9.34. The van der Waals surface area contributed by atoms with Crippen LogP contribution in [0.1, 0.15) is 36.5 Å². The Hall–Kier alpha value is -2.13. The summed E-state index contributed by atoms with van der Waals surface area (Å²) in [6, 6.07) is 6.21. The molecule has 8 nitrogen and oxygen atoms in total. The van der Waals surface area contributed by atoms with Gasteiger partial charge in [0, 0.05) is 29.7 Å². The van der Waals surface area contributed by atoms with Crippen LogP contribution in [0.2, 0.25) is 5.02 Å². The molecule has 0 radical (unpaired) electrons. The van der Waals surface area contributed by atoms with Crippen LogP contribution in [-0.2, 0) is 24.2 Å². The summed E-state index contributed by atoms with van der Waals surface area (Å²) in [6.07, 6.45) is 0.268. The maximum absolute atomic E-state index is 12.5. The van der Waals surface area contributed by atoms with Crippen molar-refractivity contribution in [2.45, 2.75) is 38.3 Å². The third-order valence-corrected chi connectivity index (χ3v) is 7.47. The molecule has 2 fully saturated rings. The lowest BCUT2D eigenvalue weighted by atomic mass is 9.96. The van der Waals surface area contributed by atoms with Gasteiger partial charge in [-0.25, -0.2) is 8.42 Å². The molecule has 1 aromatic carbocycles. The molecule has 1 N–H and O–H groups in total. The smallest absolute Gasteiger partial charge is 0.309 e. The maximum atomic E-state index is 12.5. The topological polar surface area (TPSA) is 110 Å². The number of ether oxygens (including phenoxy) is 1. The number of carbonyl (C=O) groups is 3. The number of likely N-dealkylation sites (tertiary alicyclic amines) is 1. The number of sulfone groups is 1. The van der Waals surface area contributed by atoms with E-state index in [0.717, 1.165) is 0 Å². The van der Waals surface area contributed by atoms with E-state index in [9.17, 15) is 22.8 Å². The summed E-state index contributed by atoms with van der Waals surface area (Å²) in [5, 5.41) is 3.19. The van der Waals surface area contributed by atoms with E-state index in [0.29, 0.717) is 42.9 Å². The molecule has 0 unspecified atom stereocenters. The lowest BCUT2D eigenvalue weighted by molar-refractivity contribution is -0.160. The molecule has 2 heterocycles. The lowest BCUT2D eigenvalue weighted by Crippen LogP contribution is -2.44. The van der Waals surface area contributed by atoms with Gasteiger partial charge in [-0.3, -0.25) is 14.4 Å². The molecule has 30 heavy (non-hydrogen) atoms. The minimum absolute atomic E-state index is 0.0550. The van der Waals surface area contributed by atoms with Gasteiger partial charge in [0.05, 0.1) is 17.4 Å². The summed E-state index contributed by atoms with van der Waals surface area (Å²) in [5.41, 5.74) is 0.541. The predicted molar refractivity (Wildman–Crippen MR) is 111 cm³/mol. The molecule has 2 aliphatic rings. The van der Waals surface area contributed by atoms with Crippen LogP contribution in [0.25, 0.3) is 0 Å². The first-order chi connectivity index (χ1) is 14.1. The van der Waals surface area contributed by atoms with Crippen molar-refractivity contribution in [3.63, 3.8) is 0 Å². The molecule has 0 aromatic heterocycles. The molecule has 0 saturated carbocycles. The number of hydrogen-bond acceptors (Lipinski definition) is 6. The fraction of sp³-hybridized carbons (Fsp3) is 0.550. The Morgan fingerprint density at radius 2 is 1.77 bits per heavy atom. The fourth-order valence-electron chi connectivity index (χ4n) is 3.64. The summed E-state index contributed by atoms with van der Waals surface area (Å²) in [5.74, 6) is -1.51. The Morgan fingerprint density at radius 1 is 1.13 bits per heavy atom. The number of benzene rings is 1. The summed E-state index contributed by atoms with van der Waals surface area (Å²) >= 11 is 5.85. The van der Waals surface area contributed by atoms with Crippen LogP contribution in [0.3, 0.4) is 0 Å². The molecule has 0 spiro atoms. The van der Waals surface area contributed by atoms with E-state index in [1.165, 1.54) is 6.92 Å². The highest BCUT2D eigenvalue weighted by Crippen LogP contribution is 2.22. The van der Waals surface area contributed by atoms with E-state index in [1.54, 1.807) is 29.2 Å². The lowest BCUT2D eigenvalue weighted by Gasteiger charge is -2.31. The number of carbonyl (C=O) groups excluding carboxylic acids is 3. The second-order valence-electron chi connectivity index (χ2n) is 7.76. The minimum atomic E-state index is -3.10. The van der Waals surface area contributed by atoms with Crippen molar-refractivity contribution in [2.24, 2.45) is 5.92 Å². The number of hydrogen-bond donors (Lipinski definition) is 1. The van der Waals surface area contributed by atoms with Crippen LogP contribution < -0.4 is 5.32 Å². The van der Waals surface area contributed by atoms with Crippen molar-refractivity contribution in [1.82, 2.24) is 10.2 Å². The van der Waals surface area contributed by atoms with E-state index in [2.05, 4.69) is 5.32 Å². The largest absolute Gasteiger partial charge is 0.452 e. The van der Waals surface area contributed by atoms with Gasteiger partial charge in [0.1, 0.15) is 0 Å². The third-order valence-electron chi connectivity index (χ3n) is 5.45. The number of rotatable bonds is 5. The van der Waals surface area contributed by atoms with Gasteiger partial charge in [0.25, 0.3) is 11.8 Å². The summed E-state index contributed by atoms with van der Waals surface area (Å²) < 4.78 is 28.3. The molecule has 1 aromatic rings. The van der Waals surface area contributed by atoms with Crippen molar-refractivity contribution >= 4 is 39.2 Å². The highest BCUT2D eigenvalue weighted by molar-refractivity contribution is 7.91. The predicted octanol–water partition coefficient (Wildman–Crippen LogP) is 1.43. The second-order valence-corrected chi connectivity index (χ2v) is 10.4. The highest BCUT2D eigenvalue weighted by Gasteiger charge is 2.33. The van der Waals surface area contributed by atoms with E-state index in [1.807, 2.05) is 0 Å². The standard InChI is InChI=1S/C20H25ClN2O6S/c1-13(18(24)22-17-8-11-30(27,28)12-17)29-20(26)15-6-9-23(10-7-15)19(25)14-2-4-16(21)5-3-14/h2-5,13,15,17H,6-12H2,1H3,(H,22,24)/t13-,17-/m0/s1. The van der Waals surface area contributed by atoms with E-state index in [-0.39, 0.29) is 23.3 Å². The van der Waals surface area contributed by atoms with Gasteiger partial charge in [-0.15, -0.1) is 0 Å². The zero-order chi connectivity index (χ0) is 21.9. The Bertz CT molecular complexity index is 910. The van der Waals surface area contributed by atoms with Crippen LogP contribution in [0.4, 0.5) is 0 Å². The van der Waals surface area contributed by atoms with E-state index < -0.39 is 33.9 Å². The van der Waals surface area contributed by atoms with Gasteiger partial charge in [0.2, 0.25) is 0 Å². The normalized spacial score (nSPS) is 22.3. The molecular formula is C20H25ClN2O6S. The average Bonchev–Trinajstić information content (AvgIpc) is 3.06. The van der Waals surface area contributed by atoms with Gasteiger partial charge in [-0.05, 0) is 50.5 Å².